The lowest BCUT2D eigenvalue weighted by molar-refractivity contribution is 0.102. The molecule has 7 nitrogen and oxygen atoms in total. The van der Waals surface area contributed by atoms with Crippen molar-refractivity contribution in [2.24, 2.45) is 0 Å². The van der Waals surface area contributed by atoms with Crippen molar-refractivity contribution in [2.45, 2.75) is 31.0 Å². The zero-order valence-corrected chi connectivity index (χ0v) is 22.8. The van der Waals surface area contributed by atoms with Gasteiger partial charge in [-0.2, -0.15) is 0 Å². The van der Waals surface area contributed by atoms with Crippen LogP contribution in [-0.4, -0.2) is 42.9 Å². The van der Waals surface area contributed by atoms with Crippen LogP contribution in [0.5, 0.6) is 0 Å². The topological polar surface area (TPSA) is 100 Å². The van der Waals surface area contributed by atoms with Gasteiger partial charge in [-0.3, -0.25) is 4.79 Å². The van der Waals surface area contributed by atoms with Crippen LogP contribution in [0.1, 0.15) is 21.5 Å². The number of benzene rings is 3. The number of nitrogens with zero attached hydrogens (tertiary/aromatic N) is 1. The molecular weight excluding hydrogens is 522 g/mol. The minimum absolute atomic E-state index is 0.175. The summed E-state index contributed by atoms with van der Waals surface area (Å²) in [6, 6.07) is 23.3. The van der Waals surface area contributed by atoms with Gasteiger partial charge in [-0.05, 0) is 48.4 Å². The minimum atomic E-state index is -3.34. The molecule has 1 atom stereocenters. The maximum atomic E-state index is 13.3. The van der Waals surface area contributed by atoms with Crippen LogP contribution < -0.4 is 10.6 Å². The van der Waals surface area contributed by atoms with Crippen LogP contribution in [0.4, 0.5) is 5.69 Å². The predicted octanol–water partition coefficient (Wildman–Crippen LogP) is 4.92. The lowest BCUT2D eigenvalue weighted by Crippen LogP contribution is -2.30. The van der Waals surface area contributed by atoms with Crippen molar-refractivity contribution < 1.29 is 18.3 Å². The van der Waals surface area contributed by atoms with E-state index in [1.54, 1.807) is 24.4 Å². The zero-order valence-electron chi connectivity index (χ0n) is 21.2. The van der Waals surface area contributed by atoms with E-state index in [1.165, 1.54) is 12.1 Å². The monoisotopic (exact) mass is 551 g/mol. The molecule has 0 aliphatic heterocycles. The number of rotatable bonds is 10. The number of hydrogen-bond acceptors (Lipinski definition) is 5. The molecule has 1 aromatic heterocycles. The molecule has 1 unspecified atom stereocenters. The zero-order chi connectivity index (χ0) is 27.3. The second-order valence-corrected chi connectivity index (χ2v) is 11.6. The van der Waals surface area contributed by atoms with E-state index in [2.05, 4.69) is 10.6 Å². The molecule has 0 radical (unpaired) electrons. The lowest BCUT2D eigenvalue weighted by Gasteiger charge is -2.17. The first kappa shape index (κ1) is 27.6. The van der Waals surface area contributed by atoms with Crippen LogP contribution in [0.3, 0.4) is 0 Å². The molecule has 4 rings (SSSR count). The average Bonchev–Trinajstić information content (AvgIpc) is 3.20. The van der Waals surface area contributed by atoms with E-state index < -0.39 is 15.9 Å². The first-order valence-corrected chi connectivity index (χ1v) is 14.4. The Morgan fingerprint density at radius 1 is 1.00 bits per heavy atom. The van der Waals surface area contributed by atoms with Gasteiger partial charge in [0.05, 0.1) is 22.3 Å². The Labute approximate surface area is 228 Å². The number of carbonyl (C=O) groups is 1. The molecule has 0 bridgehead atoms. The lowest BCUT2D eigenvalue weighted by atomic mass is 10.1. The molecule has 198 valence electrons. The second kappa shape index (κ2) is 12.0. The number of anilines is 1. The summed E-state index contributed by atoms with van der Waals surface area (Å²) in [6.07, 6.45) is 2.13. The first-order valence-electron chi connectivity index (χ1n) is 12.1. The summed E-state index contributed by atoms with van der Waals surface area (Å²) >= 11 is 6.52. The van der Waals surface area contributed by atoms with Crippen molar-refractivity contribution in [2.75, 3.05) is 18.1 Å². The van der Waals surface area contributed by atoms with Gasteiger partial charge in [0, 0.05) is 48.4 Å². The number of nitrogens with one attached hydrogen (secondary N) is 2. The van der Waals surface area contributed by atoms with Gasteiger partial charge in [0.25, 0.3) is 5.91 Å². The van der Waals surface area contributed by atoms with Gasteiger partial charge in [0.2, 0.25) is 0 Å². The average molecular weight is 552 g/mol. The molecular formula is C29H30ClN3O4S. The van der Waals surface area contributed by atoms with E-state index in [9.17, 15) is 18.3 Å². The Kier molecular flexibility index (Phi) is 8.69. The van der Waals surface area contributed by atoms with Gasteiger partial charge >= 0.3 is 0 Å². The quantitative estimate of drug-likeness (QED) is 0.260. The SMILES string of the molecule is Cc1c(C(=O)Nc2ccc(S(C)(=O)=O)cc2)cn(CC(O)CNCc2ccccc2)c1-c1ccccc1Cl. The number of amides is 1. The second-order valence-electron chi connectivity index (χ2n) is 9.17. The van der Waals surface area contributed by atoms with Crippen LogP contribution in [-0.2, 0) is 22.9 Å². The summed E-state index contributed by atoms with van der Waals surface area (Å²) in [5, 5.41) is 17.5. The van der Waals surface area contributed by atoms with Gasteiger partial charge < -0.3 is 20.3 Å². The summed E-state index contributed by atoms with van der Waals surface area (Å²) in [5.41, 5.74) is 4.24. The molecule has 3 aromatic carbocycles. The maximum Gasteiger partial charge on any atom is 0.257 e. The number of sulfone groups is 1. The van der Waals surface area contributed by atoms with Gasteiger partial charge in [0.1, 0.15) is 0 Å². The van der Waals surface area contributed by atoms with Crippen molar-refractivity contribution >= 4 is 33.0 Å². The normalized spacial score (nSPS) is 12.3. The fraction of sp³-hybridized carbons (Fsp3) is 0.207. The Bertz CT molecular complexity index is 1520. The highest BCUT2D eigenvalue weighted by Crippen LogP contribution is 2.33. The fourth-order valence-electron chi connectivity index (χ4n) is 4.30. The third-order valence-electron chi connectivity index (χ3n) is 6.20. The van der Waals surface area contributed by atoms with Crippen molar-refractivity contribution in [3.63, 3.8) is 0 Å². The Balaban J connectivity index is 1.56. The number of aliphatic hydroxyl groups is 1. The standard InChI is InChI=1S/C29H30ClN3O4S/c1-20-26(29(35)32-22-12-14-24(15-13-22)38(2,36)37)19-33(28(20)25-10-6-7-11-27(25)30)18-23(34)17-31-16-21-8-4-3-5-9-21/h3-15,19,23,31,34H,16-18H2,1-2H3,(H,32,35). The van der Waals surface area contributed by atoms with E-state index >= 15 is 0 Å². The van der Waals surface area contributed by atoms with Crippen molar-refractivity contribution in [3.05, 3.63) is 107 Å². The van der Waals surface area contributed by atoms with Crippen LogP contribution in [0.2, 0.25) is 5.02 Å². The largest absolute Gasteiger partial charge is 0.390 e. The fourth-order valence-corrected chi connectivity index (χ4v) is 5.15. The van der Waals surface area contributed by atoms with E-state index in [0.717, 1.165) is 23.1 Å². The number of halogens is 1. The van der Waals surface area contributed by atoms with Crippen LogP contribution in [0.15, 0.2) is 90.0 Å². The first-order chi connectivity index (χ1) is 18.1. The molecule has 3 N–H and O–H groups in total. The summed E-state index contributed by atoms with van der Waals surface area (Å²) in [6.45, 7) is 3.09. The number of carbonyl (C=O) groups excluding carboxylic acids is 1. The molecule has 9 heteroatoms. The highest BCUT2D eigenvalue weighted by atomic mass is 35.5. The van der Waals surface area contributed by atoms with E-state index in [1.807, 2.05) is 60.0 Å². The van der Waals surface area contributed by atoms with Crippen LogP contribution in [0, 0.1) is 6.92 Å². The van der Waals surface area contributed by atoms with Crippen LogP contribution in [0.25, 0.3) is 11.3 Å². The van der Waals surface area contributed by atoms with Crippen molar-refractivity contribution in [1.29, 1.82) is 0 Å². The molecule has 1 amide bonds. The summed E-state index contributed by atoms with van der Waals surface area (Å²) < 4.78 is 25.3. The van der Waals surface area contributed by atoms with Gasteiger partial charge in [-0.1, -0.05) is 60.1 Å². The molecule has 4 aromatic rings. The van der Waals surface area contributed by atoms with E-state index in [4.69, 9.17) is 11.6 Å². The molecule has 0 spiro atoms. The Morgan fingerprint density at radius 3 is 2.32 bits per heavy atom. The van der Waals surface area contributed by atoms with Crippen molar-refractivity contribution in [3.8, 4) is 11.3 Å². The minimum Gasteiger partial charge on any atom is -0.390 e. The van der Waals surface area contributed by atoms with Gasteiger partial charge in [-0.15, -0.1) is 0 Å². The Morgan fingerprint density at radius 2 is 1.66 bits per heavy atom. The molecule has 0 saturated heterocycles. The molecule has 38 heavy (non-hydrogen) atoms. The third-order valence-corrected chi connectivity index (χ3v) is 7.66. The summed E-state index contributed by atoms with van der Waals surface area (Å²) in [7, 11) is -3.34. The third kappa shape index (κ3) is 6.71. The van der Waals surface area contributed by atoms with Gasteiger partial charge in [0.15, 0.2) is 9.84 Å². The summed E-state index contributed by atoms with van der Waals surface area (Å²) in [4.78, 5) is 13.4. The highest BCUT2D eigenvalue weighted by Gasteiger charge is 2.22. The number of hydrogen-bond donors (Lipinski definition) is 3. The maximum absolute atomic E-state index is 13.3. The predicted molar refractivity (Wildman–Crippen MR) is 151 cm³/mol. The molecule has 0 saturated carbocycles. The van der Waals surface area contributed by atoms with E-state index in [0.29, 0.717) is 34.9 Å². The highest BCUT2D eigenvalue weighted by molar-refractivity contribution is 7.90. The van der Waals surface area contributed by atoms with Gasteiger partial charge in [-0.25, -0.2) is 8.42 Å². The van der Waals surface area contributed by atoms with Crippen molar-refractivity contribution in [1.82, 2.24) is 9.88 Å². The number of aliphatic hydroxyl groups excluding tert-OH is 1. The summed E-state index contributed by atoms with van der Waals surface area (Å²) in [5.74, 6) is -0.349. The molecule has 0 aliphatic carbocycles. The smallest absolute Gasteiger partial charge is 0.257 e. The molecule has 0 aliphatic rings. The Hall–Kier alpha value is -3.43. The van der Waals surface area contributed by atoms with E-state index in [-0.39, 0.29) is 17.3 Å². The van der Waals surface area contributed by atoms with Crippen LogP contribution >= 0.6 is 11.6 Å². The molecule has 1 heterocycles. The number of aromatic nitrogens is 1. The molecule has 0 fully saturated rings.